The number of carboxylic acid groups (broad SMARTS) is 1. The van der Waals surface area contributed by atoms with E-state index in [4.69, 9.17) is 15.5 Å². The number of nitrogens with zero attached hydrogens (tertiary/aromatic N) is 1. The fourth-order valence-corrected chi connectivity index (χ4v) is 0.715. The molecule has 0 amide bonds. The topological polar surface area (TPSA) is 112 Å². The lowest BCUT2D eigenvalue weighted by atomic mass is 10.2. The molecule has 0 aliphatic carbocycles. The van der Waals surface area contributed by atoms with Crippen LogP contribution in [0.1, 0.15) is 5.69 Å². The van der Waals surface area contributed by atoms with E-state index in [0.717, 1.165) is 0 Å². The largest absolute Gasteiger partial charge is 0.480 e. The number of halogens is 1. The summed E-state index contributed by atoms with van der Waals surface area (Å²) in [4.78, 5) is 16.8. The molecule has 0 aromatic carbocycles. The van der Waals surface area contributed by atoms with Crippen molar-refractivity contribution in [1.82, 2.24) is 9.97 Å². The summed E-state index contributed by atoms with van der Waals surface area (Å²) in [5, 5.41) is 8.42. The third kappa shape index (κ3) is 4.46. The number of carbonyl (C=O) groups is 1. The van der Waals surface area contributed by atoms with Crippen molar-refractivity contribution in [2.45, 2.75) is 12.5 Å². The van der Waals surface area contributed by atoms with Gasteiger partial charge in [0.05, 0.1) is 23.9 Å². The third-order valence-corrected chi connectivity index (χ3v) is 1.30. The number of carboxylic acids is 1. The van der Waals surface area contributed by atoms with Gasteiger partial charge in [0.15, 0.2) is 0 Å². The Morgan fingerprint density at radius 2 is 2.38 bits per heavy atom. The highest BCUT2D eigenvalue weighted by atomic mass is 35.5. The molecule has 7 heteroatoms. The first-order valence-electron chi connectivity index (χ1n) is 3.33. The maximum atomic E-state index is 10.3. The van der Waals surface area contributed by atoms with Gasteiger partial charge >= 0.3 is 5.97 Å². The van der Waals surface area contributed by atoms with Gasteiger partial charge in [-0.1, -0.05) is 0 Å². The first-order chi connectivity index (χ1) is 6.20. The van der Waals surface area contributed by atoms with Crippen LogP contribution in [0.4, 0.5) is 0 Å². The maximum absolute atomic E-state index is 10.3. The maximum Gasteiger partial charge on any atom is 0.320 e. The van der Waals surface area contributed by atoms with Crippen LogP contribution in [0.2, 0.25) is 0 Å². The van der Waals surface area contributed by atoms with Crippen LogP contribution in [0.5, 0.6) is 0 Å². The number of imidazole rings is 1. The number of hydrogen-bond donors (Lipinski definition) is 4. The predicted molar refractivity (Wildman–Crippen MR) is 46.0 cm³/mol. The van der Waals surface area contributed by atoms with Crippen LogP contribution >= 0.6 is 11.9 Å². The third-order valence-electron chi connectivity index (χ3n) is 1.30. The molecule has 1 heterocycles. The van der Waals surface area contributed by atoms with Crippen molar-refractivity contribution in [3.63, 3.8) is 0 Å². The van der Waals surface area contributed by atoms with Crippen molar-refractivity contribution in [2.24, 2.45) is 5.73 Å². The van der Waals surface area contributed by atoms with Crippen LogP contribution in [0, 0.1) is 0 Å². The summed E-state index contributed by atoms with van der Waals surface area (Å²) >= 11 is 3.64. The number of H-pyrrole nitrogens is 1. The molecule has 74 valence electrons. The lowest BCUT2D eigenvalue weighted by Crippen LogP contribution is -2.32. The van der Waals surface area contributed by atoms with E-state index in [1.807, 2.05) is 0 Å². The molecule has 1 aromatic rings. The van der Waals surface area contributed by atoms with Gasteiger partial charge in [0.1, 0.15) is 6.04 Å². The predicted octanol–water partition coefficient (Wildman–Crippen LogP) is -0.503. The summed E-state index contributed by atoms with van der Waals surface area (Å²) in [5.74, 6) is -1.01. The van der Waals surface area contributed by atoms with E-state index >= 15 is 0 Å². The zero-order valence-corrected chi connectivity index (χ0v) is 7.40. The van der Waals surface area contributed by atoms with Gasteiger partial charge in [-0.2, -0.15) is 0 Å². The Morgan fingerprint density at radius 1 is 1.77 bits per heavy atom. The summed E-state index contributed by atoms with van der Waals surface area (Å²) in [5.41, 5.74) is 5.92. The molecule has 0 saturated carbocycles. The van der Waals surface area contributed by atoms with E-state index in [-0.39, 0.29) is 6.42 Å². The number of aromatic amines is 1. The van der Waals surface area contributed by atoms with E-state index in [9.17, 15) is 4.79 Å². The van der Waals surface area contributed by atoms with E-state index in [1.54, 1.807) is 6.20 Å². The minimum atomic E-state index is -1.01. The highest BCUT2D eigenvalue weighted by Gasteiger charge is 2.12. The minimum Gasteiger partial charge on any atom is -0.480 e. The van der Waals surface area contributed by atoms with Crippen molar-refractivity contribution in [2.75, 3.05) is 0 Å². The summed E-state index contributed by atoms with van der Waals surface area (Å²) in [7, 11) is 0. The van der Waals surface area contributed by atoms with E-state index in [2.05, 4.69) is 21.8 Å². The number of nitrogens with one attached hydrogen (secondary N) is 1. The standard InChI is InChI=1S/C6H9N3O2.ClHO/c7-5(6(10)11)1-4-2-8-3-9-4;1-2/h2-3,5H,1,7H2,(H,8,9)(H,10,11);2H. The second kappa shape index (κ2) is 6.41. The van der Waals surface area contributed by atoms with Crippen LogP contribution in [0.25, 0.3) is 0 Å². The summed E-state index contributed by atoms with van der Waals surface area (Å²) < 4.78 is 6.47. The zero-order chi connectivity index (χ0) is 10.3. The van der Waals surface area contributed by atoms with Gasteiger partial charge in [-0.25, -0.2) is 4.98 Å². The fraction of sp³-hybridized carbons (Fsp3) is 0.333. The number of rotatable bonds is 3. The summed E-state index contributed by atoms with van der Waals surface area (Å²) in [6.07, 6.45) is 3.38. The molecule has 1 rings (SSSR count). The molecule has 0 bridgehead atoms. The average Bonchev–Trinajstić information content (AvgIpc) is 2.60. The Labute approximate surface area is 79.5 Å². The highest BCUT2D eigenvalue weighted by Crippen LogP contribution is 1.95. The molecule has 6 nitrogen and oxygen atoms in total. The van der Waals surface area contributed by atoms with Gasteiger partial charge in [0.2, 0.25) is 0 Å². The normalized spacial score (nSPS) is 11.3. The smallest absolute Gasteiger partial charge is 0.320 e. The van der Waals surface area contributed by atoms with Crippen molar-refractivity contribution in [1.29, 1.82) is 0 Å². The van der Waals surface area contributed by atoms with Crippen LogP contribution in [-0.2, 0) is 11.2 Å². The van der Waals surface area contributed by atoms with Crippen LogP contribution < -0.4 is 5.73 Å². The van der Waals surface area contributed by atoms with Gasteiger partial charge in [-0.3, -0.25) is 9.45 Å². The Balaban J connectivity index is 0.000000671. The molecule has 0 aliphatic rings. The molecule has 5 N–H and O–H groups in total. The monoisotopic (exact) mass is 207 g/mol. The van der Waals surface area contributed by atoms with Crippen LogP contribution in [0.3, 0.4) is 0 Å². The highest BCUT2D eigenvalue weighted by molar-refractivity contribution is 6.04. The van der Waals surface area contributed by atoms with Crippen molar-refractivity contribution >= 4 is 17.8 Å². The summed E-state index contributed by atoms with van der Waals surface area (Å²) in [6, 6.07) is -0.863. The molecule has 0 spiro atoms. The number of aromatic nitrogens is 2. The van der Waals surface area contributed by atoms with E-state index in [1.165, 1.54) is 6.33 Å². The summed E-state index contributed by atoms with van der Waals surface area (Å²) in [6.45, 7) is 0. The van der Waals surface area contributed by atoms with Crippen LogP contribution in [-0.4, -0.2) is 31.7 Å². The van der Waals surface area contributed by atoms with Gasteiger partial charge in [0, 0.05) is 12.6 Å². The molecule has 0 aliphatic heterocycles. The Kier molecular flexibility index (Phi) is 5.86. The molecule has 0 radical (unpaired) electrons. The van der Waals surface area contributed by atoms with Gasteiger partial charge < -0.3 is 15.8 Å². The number of aliphatic carboxylic acids is 1. The molecule has 1 aromatic heterocycles. The number of hydrogen-bond acceptors (Lipinski definition) is 4. The van der Waals surface area contributed by atoms with Crippen molar-refractivity contribution < 1.29 is 14.6 Å². The zero-order valence-electron chi connectivity index (χ0n) is 6.64. The SMILES string of the molecule is NC(Cc1c[nH]cn1)C(=O)O.OCl. The molecule has 13 heavy (non-hydrogen) atoms. The van der Waals surface area contributed by atoms with Crippen LogP contribution in [0.15, 0.2) is 12.5 Å². The van der Waals surface area contributed by atoms with Gasteiger partial charge in [-0.15, -0.1) is 0 Å². The van der Waals surface area contributed by atoms with E-state index < -0.39 is 12.0 Å². The molecular weight excluding hydrogens is 198 g/mol. The lowest BCUT2D eigenvalue weighted by Gasteiger charge is -2.01. The van der Waals surface area contributed by atoms with Gasteiger partial charge in [0.25, 0.3) is 0 Å². The second-order valence-corrected chi connectivity index (χ2v) is 2.21. The molecule has 0 saturated heterocycles. The first kappa shape index (κ1) is 11.9. The Bertz CT molecular complexity index is 239. The minimum absolute atomic E-state index is 0.263. The van der Waals surface area contributed by atoms with E-state index in [0.29, 0.717) is 5.69 Å². The van der Waals surface area contributed by atoms with Crippen molar-refractivity contribution in [3.8, 4) is 0 Å². The Hall–Kier alpha value is -1.11. The quantitative estimate of drug-likeness (QED) is 0.534. The molecule has 1 atom stereocenters. The molecule has 1 unspecified atom stereocenters. The fourth-order valence-electron chi connectivity index (χ4n) is 0.715. The molecular formula is C6H10ClN3O3. The second-order valence-electron chi connectivity index (χ2n) is 2.21. The molecule has 0 fully saturated rings. The average molecular weight is 208 g/mol. The lowest BCUT2D eigenvalue weighted by molar-refractivity contribution is -0.138. The first-order valence-corrected chi connectivity index (χ1v) is 3.67. The Morgan fingerprint density at radius 3 is 2.77 bits per heavy atom. The van der Waals surface area contributed by atoms with Crippen molar-refractivity contribution in [3.05, 3.63) is 18.2 Å². The number of nitrogens with two attached hydrogens (primary N) is 1. The van der Waals surface area contributed by atoms with Gasteiger partial charge in [-0.05, 0) is 0 Å².